The van der Waals surface area contributed by atoms with E-state index in [-0.39, 0.29) is 10.6 Å². The third-order valence-electron chi connectivity index (χ3n) is 6.01. The lowest BCUT2D eigenvalue weighted by Gasteiger charge is -2.19. The van der Waals surface area contributed by atoms with Crippen LogP contribution in [0.3, 0.4) is 0 Å². The minimum atomic E-state index is -4.03. The zero-order valence-electron chi connectivity index (χ0n) is 19.8. The molecular formula is C27H25NO6S. The molecule has 1 aromatic heterocycles. The van der Waals surface area contributed by atoms with Crippen molar-refractivity contribution in [2.24, 2.45) is 0 Å². The van der Waals surface area contributed by atoms with Gasteiger partial charge in [-0.15, -0.1) is 0 Å². The van der Waals surface area contributed by atoms with Crippen molar-refractivity contribution in [2.75, 3.05) is 0 Å². The molecule has 1 heterocycles. The predicted molar refractivity (Wildman–Crippen MR) is 133 cm³/mol. The second-order valence-electron chi connectivity index (χ2n) is 8.40. The number of rotatable bonds is 6. The number of nitrogens with one attached hydrogen (secondary N) is 1. The molecule has 0 fully saturated rings. The molecule has 0 aliphatic rings. The molecule has 180 valence electrons. The molecule has 0 amide bonds. The average molecular weight is 492 g/mol. The number of sulfonamides is 1. The minimum absolute atomic E-state index is 0.0336. The van der Waals surface area contributed by atoms with Gasteiger partial charge < -0.3 is 9.15 Å². The van der Waals surface area contributed by atoms with Crippen LogP contribution in [-0.2, 0) is 14.8 Å². The third-order valence-corrected chi connectivity index (χ3v) is 7.45. The van der Waals surface area contributed by atoms with Gasteiger partial charge in [-0.25, -0.2) is 18.0 Å². The Hall–Kier alpha value is -3.75. The highest BCUT2D eigenvalue weighted by atomic mass is 32.2. The summed E-state index contributed by atoms with van der Waals surface area (Å²) >= 11 is 0. The number of ether oxygens (including phenoxy) is 1. The Morgan fingerprint density at radius 1 is 0.857 bits per heavy atom. The first-order chi connectivity index (χ1) is 16.6. The fraction of sp³-hybridized carbons (Fsp3) is 0.185. The molecule has 0 spiro atoms. The highest BCUT2D eigenvalue weighted by molar-refractivity contribution is 7.89. The van der Waals surface area contributed by atoms with E-state index < -0.39 is 27.7 Å². The van der Waals surface area contributed by atoms with E-state index in [1.807, 2.05) is 13.8 Å². The Balaban J connectivity index is 1.71. The molecule has 1 atom stereocenters. The maximum atomic E-state index is 13.3. The van der Waals surface area contributed by atoms with Crippen molar-refractivity contribution in [2.45, 2.75) is 38.6 Å². The minimum Gasteiger partial charge on any atom is -0.425 e. The van der Waals surface area contributed by atoms with Crippen molar-refractivity contribution >= 4 is 27.0 Å². The summed E-state index contributed by atoms with van der Waals surface area (Å²) in [4.78, 5) is 25.5. The van der Waals surface area contributed by atoms with E-state index in [1.165, 1.54) is 12.1 Å². The predicted octanol–water partition coefficient (Wildman–Crippen LogP) is 4.65. The molecule has 8 heteroatoms. The topological polar surface area (TPSA) is 103 Å². The van der Waals surface area contributed by atoms with E-state index in [1.54, 1.807) is 68.4 Å². The van der Waals surface area contributed by atoms with Crippen LogP contribution in [0, 0.1) is 27.7 Å². The molecule has 3 aromatic carbocycles. The van der Waals surface area contributed by atoms with Crippen LogP contribution in [0.4, 0.5) is 0 Å². The average Bonchev–Trinajstić information content (AvgIpc) is 2.84. The lowest BCUT2D eigenvalue weighted by Crippen LogP contribution is -2.36. The van der Waals surface area contributed by atoms with Gasteiger partial charge in [0.2, 0.25) is 10.0 Å². The maximum Gasteiger partial charge on any atom is 0.339 e. The second-order valence-corrected chi connectivity index (χ2v) is 10.1. The van der Waals surface area contributed by atoms with Gasteiger partial charge >= 0.3 is 11.6 Å². The monoisotopic (exact) mass is 491 g/mol. The standard InChI is InChI=1S/C27H25NO6S/c1-16-10-12-21(13-11-16)35(31,32)28-24(20-8-6-5-7-9-20)27(30)33-23-15-14-22-17(2)18(3)26(29)34-25(22)19(23)4/h5-15,24,28H,1-4H3/t24-/m1/s1. The first kappa shape index (κ1) is 24.4. The molecule has 7 nitrogen and oxygen atoms in total. The molecule has 4 rings (SSSR count). The van der Waals surface area contributed by atoms with Crippen LogP contribution in [0.5, 0.6) is 5.75 Å². The smallest absolute Gasteiger partial charge is 0.339 e. The highest BCUT2D eigenvalue weighted by Gasteiger charge is 2.29. The zero-order valence-corrected chi connectivity index (χ0v) is 20.6. The molecule has 0 aliphatic carbocycles. The Morgan fingerprint density at radius 2 is 1.51 bits per heavy atom. The molecule has 0 aliphatic heterocycles. The van der Waals surface area contributed by atoms with E-state index in [0.717, 1.165) is 16.5 Å². The Labute approximate surface area is 203 Å². The summed E-state index contributed by atoms with van der Waals surface area (Å²) in [5.74, 6) is -0.648. The van der Waals surface area contributed by atoms with Crippen molar-refractivity contribution in [3.05, 3.63) is 105 Å². The Kier molecular flexibility index (Phi) is 6.60. The van der Waals surface area contributed by atoms with Crippen molar-refractivity contribution in [3.8, 4) is 5.75 Å². The number of aryl methyl sites for hydroxylation is 3. The van der Waals surface area contributed by atoms with Gasteiger partial charge in [-0.05, 0) is 63.1 Å². The maximum absolute atomic E-state index is 13.3. The molecule has 0 radical (unpaired) electrons. The van der Waals surface area contributed by atoms with E-state index in [4.69, 9.17) is 9.15 Å². The lowest BCUT2D eigenvalue weighted by atomic mass is 10.0. The molecule has 0 bridgehead atoms. The number of benzene rings is 3. The van der Waals surface area contributed by atoms with E-state index in [9.17, 15) is 18.0 Å². The first-order valence-electron chi connectivity index (χ1n) is 11.0. The first-order valence-corrected chi connectivity index (χ1v) is 12.5. The van der Waals surface area contributed by atoms with Gasteiger partial charge in [-0.2, -0.15) is 4.72 Å². The van der Waals surface area contributed by atoms with Crippen LogP contribution >= 0.6 is 0 Å². The van der Waals surface area contributed by atoms with Crippen molar-refractivity contribution in [1.29, 1.82) is 0 Å². The van der Waals surface area contributed by atoms with Crippen LogP contribution in [-0.4, -0.2) is 14.4 Å². The van der Waals surface area contributed by atoms with Crippen molar-refractivity contribution < 1.29 is 22.4 Å². The zero-order chi connectivity index (χ0) is 25.3. The summed E-state index contributed by atoms with van der Waals surface area (Å²) in [7, 11) is -4.03. The van der Waals surface area contributed by atoms with Gasteiger partial charge in [0.15, 0.2) is 0 Å². The van der Waals surface area contributed by atoms with Gasteiger partial charge in [0.05, 0.1) is 4.90 Å². The van der Waals surface area contributed by atoms with Crippen LogP contribution in [0.1, 0.15) is 33.9 Å². The van der Waals surface area contributed by atoms with E-state index in [0.29, 0.717) is 22.3 Å². The normalized spacial score (nSPS) is 12.5. The largest absolute Gasteiger partial charge is 0.425 e. The molecule has 35 heavy (non-hydrogen) atoms. The Bertz CT molecular complexity index is 1570. The van der Waals surface area contributed by atoms with E-state index >= 15 is 0 Å². The lowest BCUT2D eigenvalue weighted by molar-refractivity contribution is -0.136. The van der Waals surface area contributed by atoms with Gasteiger partial charge in [0.25, 0.3) is 0 Å². The van der Waals surface area contributed by atoms with Crippen LogP contribution in [0.15, 0.2) is 80.8 Å². The molecule has 0 saturated heterocycles. The summed E-state index contributed by atoms with van der Waals surface area (Å²) in [5, 5.41) is 0.735. The third kappa shape index (κ3) is 4.89. The number of esters is 1. The van der Waals surface area contributed by atoms with Crippen molar-refractivity contribution in [3.63, 3.8) is 0 Å². The number of hydrogen-bond donors (Lipinski definition) is 1. The van der Waals surface area contributed by atoms with Crippen LogP contribution < -0.4 is 15.1 Å². The molecule has 0 unspecified atom stereocenters. The summed E-state index contributed by atoms with van der Waals surface area (Å²) in [5.41, 5.74) is 2.94. The molecule has 1 N–H and O–H groups in total. The number of hydrogen-bond acceptors (Lipinski definition) is 6. The highest BCUT2D eigenvalue weighted by Crippen LogP contribution is 2.30. The quantitative estimate of drug-likeness (QED) is 0.239. The summed E-state index contributed by atoms with van der Waals surface area (Å²) in [6, 6.07) is 16.8. The van der Waals surface area contributed by atoms with E-state index in [2.05, 4.69) is 4.72 Å². The van der Waals surface area contributed by atoms with Gasteiger partial charge in [-0.1, -0.05) is 48.0 Å². The molecular weight excluding hydrogens is 466 g/mol. The van der Waals surface area contributed by atoms with Crippen molar-refractivity contribution in [1.82, 2.24) is 4.72 Å². The summed E-state index contributed by atoms with van der Waals surface area (Å²) in [6.07, 6.45) is 0. The number of fused-ring (bicyclic) bond motifs is 1. The summed E-state index contributed by atoms with van der Waals surface area (Å²) < 4.78 is 39.7. The fourth-order valence-corrected chi connectivity index (χ4v) is 4.91. The van der Waals surface area contributed by atoms with Gasteiger partial charge in [0.1, 0.15) is 17.4 Å². The molecule has 4 aromatic rings. The summed E-state index contributed by atoms with van der Waals surface area (Å²) in [6.45, 7) is 7.04. The number of carbonyl (C=O) groups excluding carboxylic acids is 1. The van der Waals surface area contributed by atoms with Crippen LogP contribution in [0.2, 0.25) is 0 Å². The SMILES string of the molecule is Cc1ccc(S(=O)(=O)N[C@@H](C(=O)Oc2ccc3c(C)c(C)c(=O)oc3c2C)c2ccccc2)cc1. The number of carbonyl (C=O) groups is 1. The van der Waals surface area contributed by atoms with Gasteiger partial charge in [-0.3, -0.25) is 0 Å². The second kappa shape index (κ2) is 9.48. The fourth-order valence-electron chi connectivity index (χ4n) is 3.74. The molecule has 0 saturated carbocycles. The van der Waals surface area contributed by atoms with Crippen LogP contribution in [0.25, 0.3) is 11.0 Å². The Morgan fingerprint density at radius 3 is 2.17 bits per heavy atom. The van der Waals surface area contributed by atoms with Gasteiger partial charge in [0, 0.05) is 16.5 Å².